The Labute approximate surface area is 154 Å². The fraction of sp³-hybridized carbons (Fsp3) is 0.714. The summed E-state index contributed by atoms with van der Waals surface area (Å²) in [7, 11) is 1.54. The SMILES string of the molecule is CO[C@@H]1C=C(CC[C@@]2(C)[C@H](C)C[C@@H]3OC(=O)C4=CCC[C@H]2[C@@]43C)C(=O)O1. The summed E-state index contributed by atoms with van der Waals surface area (Å²) >= 11 is 0. The van der Waals surface area contributed by atoms with Crippen LogP contribution in [-0.2, 0) is 23.8 Å². The van der Waals surface area contributed by atoms with Crippen LogP contribution in [-0.4, -0.2) is 31.4 Å². The van der Waals surface area contributed by atoms with Crippen LogP contribution in [0.1, 0.15) is 52.9 Å². The number of carbonyl (C=O) groups excluding carboxylic acids is 2. The zero-order valence-corrected chi connectivity index (χ0v) is 16.0. The lowest BCUT2D eigenvalue weighted by molar-refractivity contribution is -0.155. The molecule has 2 aliphatic heterocycles. The number of rotatable bonds is 4. The van der Waals surface area contributed by atoms with E-state index in [2.05, 4.69) is 26.8 Å². The number of methoxy groups -OCH3 is 1. The van der Waals surface area contributed by atoms with Crippen molar-refractivity contribution < 1.29 is 23.8 Å². The summed E-state index contributed by atoms with van der Waals surface area (Å²) in [5.74, 6) is 0.416. The minimum absolute atomic E-state index is 0.0110. The van der Waals surface area contributed by atoms with E-state index < -0.39 is 6.29 Å². The van der Waals surface area contributed by atoms with E-state index in [0.29, 0.717) is 23.8 Å². The summed E-state index contributed by atoms with van der Waals surface area (Å²) < 4.78 is 16.1. The molecule has 1 saturated heterocycles. The highest BCUT2D eigenvalue weighted by Crippen LogP contribution is 2.65. The van der Waals surface area contributed by atoms with E-state index in [1.54, 1.807) is 6.08 Å². The topological polar surface area (TPSA) is 61.8 Å². The second-order valence-electron chi connectivity index (χ2n) is 8.77. The molecule has 2 fully saturated rings. The van der Waals surface area contributed by atoms with Crippen LogP contribution < -0.4 is 0 Å². The van der Waals surface area contributed by atoms with Gasteiger partial charge in [-0.15, -0.1) is 0 Å². The molecule has 26 heavy (non-hydrogen) atoms. The molecule has 5 nitrogen and oxygen atoms in total. The van der Waals surface area contributed by atoms with Gasteiger partial charge in [-0.3, -0.25) is 0 Å². The highest BCUT2D eigenvalue weighted by Gasteiger charge is 2.64. The Balaban J connectivity index is 1.60. The minimum atomic E-state index is -0.555. The van der Waals surface area contributed by atoms with E-state index in [-0.39, 0.29) is 28.9 Å². The summed E-state index contributed by atoms with van der Waals surface area (Å²) in [6, 6.07) is 0. The number of hydrogen-bond donors (Lipinski definition) is 0. The van der Waals surface area contributed by atoms with Crippen molar-refractivity contribution in [3.8, 4) is 0 Å². The van der Waals surface area contributed by atoms with Crippen LogP contribution in [0.2, 0.25) is 0 Å². The van der Waals surface area contributed by atoms with Crippen molar-refractivity contribution in [2.75, 3.05) is 7.11 Å². The molecule has 4 rings (SSSR count). The Kier molecular flexibility index (Phi) is 4.07. The first kappa shape index (κ1) is 17.8. The molecular formula is C21H28O5. The van der Waals surface area contributed by atoms with Crippen LogP contribution in [0.4, 0.5) is 0 Å². The molecule has 0 spiro atoms. The Morgan fingerprint density at radius 2 is 2.00 bits per heavy atom. The molecular weight excluding hydrogens is 332 g/mol. The largest absolute Gasteiger partial charge is 0.458 e. The van der Waals surface area contributed by atoms with Crippen LogP contribution in [0.3, 0.4) is 0 Å². The van der Waals surface area contributed by atoms with Crippen molar-refractivity contribution in [3.05, 3.63) is 23.3 Å². The van der Waals surface area contributed by atoms with Crippen molar-refractivity contribution in [2.24, 2.45) is 22.7 Å². The molecule has 0 bridgehead atoms. The molecule has 0 N–H and O–H groups in total. The summed E-state index contributed by atoms with van der Waals surface area (Å²) in [6.45, 7) is 6.82. The molecule has 0 aromatic rings. The second-order valence-corrected chi connectivity index (χ2v) is 8.77. The summed E-state index contributed by atoms with van der Waals surface area (Å²) in [5.41, 5.74) is 1.44. The highest BCUT2D eigenvalue weighted by atomic mass is 16.7. The van der Waals surface area contributed by atoms with Gasteiger partial charge < -0.3 is 14.2 Å². The lowest BCUT2D eigenvalue weighted by Gasteiger charge is -2.57. The third-order valence-electron chi connectivity index (χ3n) is 7.72. The molecule has 6 atom stereocenters. The van der Waals surface area contributed by atoms with Gasteiger partial charge in [-0.2, -0.15) is 0 Å². The Bertz CT molecular complexity index is 707. The van der Waals surface area contributed by atoms with E-state index in [9.17, 15) is 9.59 Å². The van der Waals surface area contributed by atoms with Crippen molar-refractivity contribution >= 4 is 11.9 Å². The molecule has 0 aromatic heterocycles. The molecule has 0 radical (unpaired) electrons. The van der Waals surface area contributed by atoms with Crippen LogP contribution in [0.15, 0.2) is 23.3 Å². The standard InChI is InChI=1S/C21H28O5/c1-12-10-16-21(3)14(19(23)25-16)6-5-7-15(21)20(12,2)9-8-13-11-17(24-4)26-18(13)22/h6,11-12,15-17H,5,7-10H2,1-4H3/t12-,15-,16+,17+,20+,21-/m1/s1. The van der Waals surface area contributed by atoms with E-state index in [1.807, 2.05) is 0 Å². The molecule has 0 aromatic carbocycles. The molecule has 4 aliphatic rings. The normalized spacial score (nSPS) is 44.2. The van der Waals surface area contributed by atoms with E-state index in [1.165, 1.54) is 7.11 Å². The molecule has 0 unspecified atom stereocenters. The third-order valence-corrected chi connectivity index (χ3v) is 7.72. The quantitative estimate of drug-likeness (QED) is 0.718. The fourth-order valence-corrected chi connectivity index (χ4v) is 5.93. The third kappa shape index (κ3) is 2.32. The Hall–Kier alpha value is -1.62. The number of carbonyl (C=O) groups is 2. The number of esters is 2. The average Bonchev–Trinajstić information content (AvgIpc) is 3.09. The van der Waals surface area contributed by atoms with Gasteiger partial charge in [-0.05, 0) is 55.4 Å². The van der Waals surface area contributed by atoms with Crippen LogP contribution in [0.5, 0.6) is 0 Å². The molecule has 5 heteroatoms. The molecule has 1 saturated carbocycles. The smallest absolute Gasteiger partial charge is 0.336 e. The van der Waals surface area contributed by atoms with Crippen molar-refractivity contribution in [2.45, 2.75) is 65.3 Å². The molecule has 2 heterocycles. The number of hydrogen-bond acceptors (Lipinski definition) is 5. The second kappa shape index (κ2) is 5.95. The Morgan fingerprint density at radius 1 is 1.23 bits per heavy atom. The minimum Gasteiger partial charge on any atom is -0.458 e. The average molecular weight is 360 g/mol. The summed E-state index contributed by atoms with van der Waals surface area (Å²) in [6.07, 6.45) is 7.78. The maximum Gasteiger partial charge on any atom is 0.336 e. The van der Waals surface area contributed by atoms with Gasteiger partial charge in [0.1, 0.15) is 6.10 Å². The van der Waals surface area contributed by atoms with Crippen molar-refractivity contribution in [1.82, 2.24) is 0 Å². The van der Waals surface area contributed by atoms with Crippen molar-refractivity contribution in [1.29, 1.82) is 0 Å². The number of cyclic esters (lactones) is 1. The maximum atomic E-state index is 12.4. The van der Waals surface area contributed by atoms with Gasteiger partial charge in [-0.1, -0.05) is 26.8 Å². The monoisotopic (exact) mass is 360 g/mol. The van der Waals surface area contributed by atoms with E-state index >= 15 is 0 Å². The first-order chi connectivity index (χ1) is 12.3. The zero-order chi connectivity index (χ0) is 18.7. The lowest BCUT2D eigenvalue weighted by atomic mass is 9.46. The first-order valence-corrected chi connectivity index (χ1v) is 9.66. The van der Waals surface area contributed by atoms with Gasteiger partial charge in [-0.25, -0.2) is 9.59 Å². The first-order valence-electron chi connectivity index (χ1n) is 9.66. The van der Waals surface area contributed by atoms with Crippen LogP contribution in [0.25, 0.3) is 0 Å². The number of allylic oxidation sites excluding steroid dienone is 1. The van der Waals surface area contributed by atoms with Gasteiger partial charge >= 0.3 is 11.9 Å². The van der Waals surface area contributed by atoms with E-state index in [4.69, 9.17) is 14.2 Å². The lowest BCUT2D eigenvalue weighted by Crippen LogP contribution is -2.54. The molecule has 2 aliphatic carbocycles. The highest BCUT2D eigenvalue weighted by molar-refractivity contribution is 5.93. The number of ether oxygens (including phenoxy) is 3. The van der Waals surface area contributed by atoms with Gasteiger partial charge in [0.05, 0.1) is 0 Å². The summed E-state index contributed by atoms with van der Waals surface area (Å²) in [4.78, 5) is 24.4. The van der Waals surface area contributed by atoms with Gasteiger partial charge in [0.2, 0.25) is 6.29 Å². The van der Waals surface area contributed by atoms with Gasteiger partial charge in [0, 0.05) is 23.7 Å². The van der Waals surface area contributed by atoms with Crippen LogP contribution >= 0.6 is 0 Å². The van der Waals surface area contributed by atoms with Crippen LogP contribution in [0, 0.1) is 22.7 Å². The van der Waals surface area contributed by atoms with Crippen molar-refractivity contribution in [3.63, 3.8) is 0 Å². The van der Waals surface area contributed by atoms with Gasteiger partial charge in [0.15, 0.2) is 0 Å². The summed E-state index contributed by atoms with van der Waals surface area (Å²) in [5, 5.41) is 0. The zero-order valence-electron chi connectivity index (χ0n) is 16.0. The maximum absolute atomic E-state index is 12.4. The predicted molar refractivity (Wildman–Crippen MR) is 94.9 cm³/mol. The molecule has 142 valence electrons. The predicted octanol–water partition coefficient (Wildman–Crippen LogP) is 3.54. The fourth-order valence-electron chi connectivity index (χ4n) is 5.93. The Morgan fingerprint density at radius 3 is 2.69 bits per heavy atom. The van der Waals surface area contributed by atoms with E-state index in [0.717, 1.165) is 31.3 Å². The van der Waals surface area contributed by atoms with Gasteiger partial charge in [0.25, 0.3) is 0 Å². The molecule has 0 amide bonds.